The summed E-state index contributed by atoms with van der Waals surface area (Å²) in [6, 6.07) is 6.62. The van der Waals surface area contributed by atoms with Crippen LogP contribution in [0.3, 0.4) is 0 Å². The summed E-state index contributed by atoms with van der Waals surface area (Å²) in [4.78, 5) is 17.5. The van der Waals surface area contributed by atoms with E-state index in [0.29, 0.717) is 0 Å². The van der Waals surface area contributed by atoms with Crippen molar-refractivity contribution in [3.63, 3.8) is 0 Å². The number of hydrogen-bond acceptors (Lipinski definition) is 2. The molecule has 0 aromatic carbocycles. The molecule has 0 fully saturated rings. The van der Waals surface area contributed by atoms with Gasteiger partial charge in [-0.05, 0) is 125 Å². The first kappa shape index (κ1) is 21.4. The van der Waals surface area contributed by atoms with Gasteiger partial charge in [-0.3, -0.25) is 0 Å². The Labute approximate surface area is 195 Å². The normalized spacial score (nSPS) is 14.0. The Morgan fingerprint density at radius 3 is 1.12 bits per heavy atom. The topological polar surface area (TPSA) is 57.4 Å². The van der Waals surface area contributed by atoms with Crippen LogP contribution >= 0.6 is 0 Å². The highest BCUT2D eigenvalue weighted by molar-refractivity contribution is 5.96. The van der Waals surface area contributed by atoms with E-state index in [2.05, 4.69) is 90.5 Å². The molecule has 0 saturated carbocycles. The van der Waals surface area contributed by atoms with Crippen LogP contribution in [0.2, 0.25) is 0 Å². The molecule has 168 valence electrons. The molecule has 2 aliphatic heterocycles. The van der Waals surface area contributed by atoms with Gasteiger partial charge in [-0.2, -0.15) is 0 Å². The molecule has 33 heavy (non-hydrogen) atoms. The van der Waals surface area contributed by atoms with Crippen LogP contribution in [0.5, 0.6) is 0 Å². The van der Waals surface area contributed by atoms with Crippen molar-refractivity contribution in [1.29, 1.82) is 0 Å². The maximum atomic E-state index is 5.09. The predicted octanol–water partition coefficient (Wildman–Crippen LogP) is 7.76. The summed E-state index contributed by atoms with van der Waals surface area (Å²) in [7, 11) is 0. The van der Waals surface area contributed by atoms with E-state index in [1.807, 2.05) is 0 Å². The van der Waals surface area contributed by atoms with E-state index in [0.717, 1.165) is 50.4 Å². The molecule has 4 nitrogen and oxygen atoms in total. The Morgan fingerprint density at radius 1 is 0.424 bits per heavy atom. The standard InChI is InChI=1S/C29H32N4/c1-13-15(3)24-11-26-17(5)19(7)28(32-26)21(9)29-20(8)18(6)27(33-29)12-25-16(4)14(2)23(31-25)10-22(13)30-24/h10-12,30-31H,1-9H3. The lowest BCUT2D eigenvalue weighted by atomic mass is 10.0. The summed E-state index contributed by atoms with van der Waals surface area (Å²) in [6.45, 7) is 19.6. The largest absolute Gasteiger partial charge is 0.355 e. The van der Waals surface area contributed by atoms with E-state index in [1.54, 1.807) is 0 Å². The molecule has 0 unspecified atom stereocenters. The predicted molar refractivity (Wildman–Crippen MR) is 141 cm³/mol. The van der Waals surface area contributed by atoms with Crippen molar-refractivity contribution < 1.29 is 0 Å². The zero-order valence-electron chi connectivity index (χ0n) is 21.1. The zero-order chi connectivity index (χ0) is 23.8. The van der Waals surface area contributed by atoms with Crippen LogP contribution < -0.4 is 0 Å². The van der Waals surface area contributed by atoms with Crippen LogP contribution in [-0.4, -0.2) is 19.9 Å². The molecular formula is C29H32N4. The smallest absolute Gasteiger partial charge is 0.0720 e. The summed E-state index contributed by atoms with van der Waals surface area (Å²) >= 11 is 0. The Balaban J connectivity index is 2.03. The lowest BCUT2D eigenvalue weighted by molar-refractivity contribution is 1.19. The minimum atomic E-state index is 1.02. The van der Waals surface area contributed by atoms with E-state index in [4.69, 9.17) is 9.97 Å². The molecule has 0 atom stereocenters. The molecule has 0 radical (unpaired) electrons. The minimum absolute atomic E-state index is 1.02. The summed E-state index contributed by atoms with van der Waals surface area (Å²) in [5.74, 6) is 0. The quantitative estimate of drug-likeness (QED) is 0.378. The van der Waals surface area contributed by atoms with Gasteiger partial charge in [0, 0.05) is 27.6 Å². The number of H-pyrrole nitrogens is 2. The van der Waals surface area contributed by atoms with Gasteiger partial charge in [0.15, 0.2) is 0 Å². The van der Waals surface area contributed by atoms with Gasteiger partial charge in [-0.1, -0.05) is 0 Å². The number of fused-ring (bicyclic) bond motifs is 8. The Morgan fingerprint density at radius 2 is 0.758 bits per heavy atom. The number of allylic oxidation sites excluding steroid dienone is 4. The van der Waals surface area contributed by atoms with E-state index < -0.39 is 0 Å². The van der Waals surface area contributed by atoms with Gasteiger partial charge < -0.3 is 9.97 Å². The lowest BCUT2D eigenvalue weighted by Crippen LogP contribution is -1.90. The second-order valence-corrected chi connectivity index (χ2v) is 9.65. The number of rotatable bonds is 0. The number of aryl methyl sites for hydroxylation is 4. The highest BCUT2D eigenvalue weighted by Crippen LogP contribution is 2.36. The third-order valence-electron chi connectivity index (χ3n) is 7.91. The van der Waals surface area contributed by atoms with Gasteiger partial charge in [0.2, 0.25) is 0 Å². The first-order chi connectivity index (χ1) is 15.6. The van der Waals surface area contributed by atoms with Crippen LogP contribution in [0.4, 0.5) is 0 Å². The van der Waals surface area contributed by atoms with Crippen LogP contribution in [0.15, 0.2) is 18.2 Å². The number of nitrogens with zero attached hydrogens (tertiary/aromatic N) is 2. The molecular weight excluding hydrogens is 404 g/mol. The number of hydrogen-bond donors (Lipinski definition) is 2. The maximum Gasteiger partial charge on any atom is 0.0720 e. The Hall–Kier alpha value is -3.40. The molecule has 0 amide bonds. The SMILES string of the molecule is CC1=C(C)c2nc1cc1[nH]c(cc3[nH]c(cc4nc(c2C)C(C)=C4C)c(C)c3C)c(C)c1C. The Bertz CT molecular complexity index is 1470. The van der Waals surface area contributed by atoms with E-state index in [1.165, 1.54) is 44.5 Å². The number of aromatic amines is 2. The van der Waals surface area contributed by atoms with Gasteiger partial charge in [-0.15, -0.1) is 0 Å². The van der Waals surface area contributed by atoms with Gasteiger partial charge in [-0.25, -0.2) is 9.97 Å². The van der Waals surface area contributed by atoms with Crippen molar-refractivity contribution in [1.82, 2.24) is 19.9 Å². The third kappa shape index (κ3) is 3.12. The van der Waals surface area contributed by atoms with Gasteiger partial charge in [0.1, 0.15) is 0 Å². The maximum absolute atomic E-state index is 5.09. The molecule has 8 bridgehead atoms. The van der Waals surface area contributed by atoms with Crippen LogP contribution in [-0.2, 0) is 0 Å². The molecule has 3 aromatic heterocycles. The summed E-state index contributed by atoms with van der Waals surface area (Å²) in [5, 5.41) is 0. The molecule has 0 aliphatic carbocycles. The monoisotopic (exact) mass is 436 g/mol. The first-order valence-electron chi connectivity index (χ1n) is 11.6. The fourth-order valence-electron chi connectivity index (χ4n) is 4.91. The van der Waals surface area contributed by atoms with Crippen LogP contribution in [0.1, 0.15) is 78.3 Å². The van der Waals surface area contributed by atoms with Crippen LogP contribution in [0.25, 0.3) is 44.4 Å². The second kappa shape index (κ2) is 7.31. The van der Waals surface area contributed by atoms with Crippen molar-refractivity contribution in [2.24, 2.45) is 0 Å². The highest BCUT2D eigenvalue weighted by atomic mass is 14.8. The third-order valence-corrected chi connectivity index (χ3v) is 7.91. The van der Waals surface area contributed by atoms with Gasteiger partial charge >= 0.3 is 0 Å². The number of aromatic nitrogens is 4. The van der Waals surface area contributed by atoms with E-state index in [9.17, 15) is 0 Å². The van der Waals surface area contributed by atoms with Crippen molar-refractivity contribution in [2.45, 2.75) is 62.3 Å². The minimum Gasteiger partial charge on any atom is -0.355 e. The second-order valence-electron chi connectivity index (χ2n) is 9.65. The molecule has 2 N–H and O–H groups in total. The van der Waals surface area contributed by atoms with Crippen molar-refractivity contribution >= 4 is 44.4 Å². The molecule has 0 saturated heterocycles. The summed E-state index contributed by atoms with van der Waals surface area (Å²) < 4.78 is 0. The average Bonchev–Trinajstić information content (AvgIpc) is 3.41. The lowest BCUT2D eigenvalue weighted by Gasteiger charge is -2.03. The van der Waals surface area contributed by atoms with Crippen molar-refractivity contribution in [3.8, 4) is 0 Å². The number of nitrogens with one attached hydrogen (secondary N) is 2. The van der Waals surface area contributed by atoms with E-state index in [-0.39, 0.29) is 0 Å². The fourth-order valence-corrected chi connectivity index (χ4v) is 4.91. The summed E-state index contributed by atoms with van der Waals surface area (Å²) in [5.41, 5.74) is 19.7. The Kier molecular flexibility index (Phi) is 4.75. The average molecular weight is 437 g/mol. The molecule has 5 rings (SSSR count). The molecule has 2 aliphatic rings. The zero-order valence-corrected chi connectivity index (χ0v) is 21.1. The van der Waals surface area contributed by atoms with Crippen molar-refractivity contribution in [2.75, 3.05) is 0 Å². The first-order valence-corrected chi connectivity index (χ1v) is 11.6. The van der Waals surface area contributed by atoms with Crippen molar-refractivity contribution in [3.05, 3.63) is 68.8 Å². The molecule has 5 heterocycles. The van der Waals surface area contributed by atoms with E-state index >= 15 is 0 Å². The van der Waals surface area contributed by atoms with Crippen LogP contribution in [0, 0.1) is 34.6 Å². The van der Waals surface area contributed by atoms with Gasteiger partial charge in [0.05, 0.1) is 22.8 Å². The molecule has 0 spiro atoms. The highest BCUT2D eigenvalue weighted by Gasteiger charge is 2.21. The molecule has 3 aromatic rings. The van der Waals surface area contributed by atoms with Gasteiger partial charge in [0.25, 0.3) is 0 Å². The fraction of sp³-hybridized carbons (Fsp3) is 0.310. The molecule has 4 heteroatoms. The summed E-state index contributed by atoms with van der Waals surface area (Å²) in [6.07, 6.45) is 0.